The summed E-state index contributed by atoms with van der Waals surface area (Å²) >= 11 is 5.56. The first kappa shape index (κ1) is 22.5. The van der Waals surface area contributed by atoms with Crippen LogP contribution in [0.15, 0.2) is 24.3 Å². The van der Waals surface area contributed by atoms with E-state index in [1.165, 1.54) is 6.07 Å². The molecule has 0 atom stereocenters. The highest BCUT2D eigenvalue weighted by Crippen LogP contribution is 2.31. The molecule has 0 saturated carbocycles. The van der Waals surface area contributed by atoms with E-state index >= 15 is 0 Å². The number of likely N-dealkylation sites (tertiary alicyclic amines) is 1. The molecule has 4 nitrogen and oxygen atoms in total. The van der Waals surface area contributed by atoms with Gasteiger partial charge in [0.25, 0.3) is 0 Å². The smallest absolute Gasteiger partial charge is 0.346 e. The summed E-state index contributed by atoms with van der Waals surface area (Å²) < 4.78 is 38.9. The van der Waals surface area contributed by atoms with Gasteiger partial charge in [0.2, 0.25) is 5.91 Å². The Labute approximate surface area is 170 Å². The van der Waals surface area contributed by atoms with E-state index < -0.39 is 11.7 Å². The van der Waals surface area contributed by atoms with Gasteiger partial charge in [-0.15, -0.1) is 0 Å². The summed E-state index contributed by atoms with van der Waals surface area (Å²) in [6, 6.07) is 5.24. The van der Waals surface area contributed by atoms with Crippen LogP contribution >= 0.6 is 12.2 Å². The maximum absolute atomic E-state index is 13.0. The molecule has 156 valence electrons. The second-order valence-electron chi connectivity index (χ2n) is 7.62. The van der Waals surface area contributed by atoms with Crippen LogP contribution in [-0.2, 0) is 11.0 Å². The summed E-state index contributed by atoms with van der Waals surface area (Å²) in [5.41, 5.74) is -0.376. The summed E-state index contributed by atoms with van der Waals surface area (Å²) in [7, 11) is 0. The van der Waals surface area contributed by atoms with Crippen LogP contribution in [-0.4, -0.2) is 46.5 Å². The van der Waals surface area contributed by atoms with Crippen LogP contribution in [0.5, 0.6) is 0 Å². The number of halogens is 3. The third-order valence-corrected chi connectivity index (χ3v) is 5.34. The topological polar surface area (TPSA) is 35.6 Å². The van der Waals surface area contributed by atoms with Crippen LogP contribution in [0.4, 0.5) is 18.9 Å². The van der Waals surface area contributed by atoms with Crippen LogP contribution < -0.4 is 5.32 Å². The van der Waals surface area contributed by atoms with E-state index in [4.69, 9.17) is 12.2 Å². The number of carbonyl (C=O) groups excluding carboxylic acids is 1. The zero-order valence-corrected chi connectivity index (χ0v) is 17.4. The van der Waals surface area contributed by atoms with Crippen LogP contribution in [0, 0.1) is 5.92 Å². The SMILES string of the molecule is CC(=O)N1CCC(N(CCC(C)C)C(=S)Nc2cccc(C(F)(F)F)c2)CC1. The summed E-state index contributed by atoms with van der Waals surface area (Å²) in [4.78, 5) is 15.5. The Balaban J connectivity index is 2.10. The second kappa shape index (κ2) is 9.58. The number of piperidine rings is 1. The van der Waals surface area contributed by atoms with Gasteiger partial charge in [-0.25, -0.2) is 0 Å². The molecule has 28 heavy (non-hydrogen) atoms. The van der Waals surface area contributed by atoms with E-state index in [-0.39, 0.29) is 11.9 Å². The van der Waals surface area contributed by atoms with Gasteiger partial charge in [0.05, 0.1) is 5.56 Å². The Bertz CT molecular complexity index is 686. The first-order valence-electron chi connectivity index (χ1n) is 9.58. The molecule has 0 radical (unpaired) electrons. The van der Waals surface area contributed by atoms with Crippen molar-refractivity contribution in [1.82, 2.24) is 9.80 Å². The number of alkyl halides is 3. The Morgan fingerprint density at radius 2 is 1.96 bits per heavy atom. The van der Waals surface area contributed by atoms with E-state index in [0.29, 0.717) is 29.8 Å². The molecular formula is C20H28F3N3OS. The number of anilines is 1. The van der Waals surface area contributed by atoms with Gasteiger partial charge in [0.1, 0.15) is 0 Å². The first-order valence-corrected chi connectivity index (χ1v) is 9.99. The van der Waals surface area contributed by atoms with E-state index in [1.54, 1.807) is 13.0 Å². The average Bonchev–Trinajstić information content (AvgIpc) is 2.61. The molecule has 0 unspecified atom stereocenters. The Morgan fingerprint density at radius 3 is 2.50 bits per heavy atom. The monoisotopic (exact) mass is 415 g/mol. The fourth-order valence-corrected chi connectivity index (χ4v) is 3.67. The van der Waals surface area contributed by atoms with Crippen molar-refractivity contribution in [3.63, 3.8) is 0 Å². The highest BCUT2D eigenvalue weighted by Gasteiger charge is 2.31. The van der Waals surface area contributed by atoms with Crippen molar-refractivity contribution >= 4 is 28.9 Å². The molecule has 2 rings (SSSR count). The van der Waals surface area contributed by atoms with Crippen LogP contribution in [0.3, 0.4) is 0 Å². The van der Waals surface area contributed by atoms with E-state index in [2.05, 4.69) is 24.1 Å². The molecular weight excluding hydrogens is 387 g/mol. The van der Waals surface area contributed by atoms with Gasteiger partial charge in [-0.05, 0) is 55.6 Å². The number of carbonyl (C=O) groups is 1. The van der Waals surface area contributed by atoms with Crippen molar-refractivity contribution in [2.24, 2.45) is 5.92 Å². The summed E-state index contributed by atoms with van der Waals surface area (Å²) in [6.45, 7) is 7.89. The third kappa shape index (κ3) is 6.36. The van der Waals surface area contributed by atoms with Crippen LogP contribution in [0.25, 0.3) is 0 Å². The molecule has 0 bridgehead atoms. The summed E-state index contributed by atoms with van der Waals surface area (Å²) in [6.07, 6.45) is -1.88. The molecule has 0 aromatic heterocycles. The molecule has 0 spiro atoms. The lowest BCUT2D eigenvalue weighted by Crippen LogP contribution is -2.50. The number of thiocarbonyl (C=S) groups is 1. The lowest BCUT2D eigenvalue weighted by atomic mass is 10.0. The molecule has 1 saturated heterocycles. The van der Waals surface area contributed by atoms with Gasteiger partial charge >= 0.3 is 6.18 Å². The van der Waals surface area contributed by atoms with Crippen molar-refractivity contribution in [2.45, 2.75) is 52.3 Å². The molecule has 0 aliphatic carbocycles. The van der Waals surface area contributed by atoms with Gasteiger partial charge in [-0.1, -0.05) is 19.9 Å². The van der Waals surface area contributed by atoms with Crippen molar-refractivity contribution in [3.05, 3.63) is 29.8 Å². The van der Waals surface area contributed by atoms with Crippen molar-refractivity contribution in [1.29, 1.82) is 0 Å². The van der Waals surface area contributed by atoms with Crippen LogP contribution in [0.2, 0.25) is 0 Å². The fraction of sp³-hybridized carbons (Fsp3) is 0.600. The highest BCUT2D eigenvalue weighted by molar-refractivity contribution is 7.80. The molecule has 1 aromatic rings. The minimum Gasteiger partial charge on any atom is -0.346 e. The lowest BCUT2D eigenvalue weighted by molar-refractivity contribution is -0.137. The first-order chi connectivity index (χ1) is 13.1. The number of amides is 1. The largest absolute Gasteiger partial charge is 0.416 e. The lowest BCUT2D eigenvalue weighted by Gasteiger charge is -2.40. The second-order valence-corrected chi connectivity index (χ2v) is 8.01. The van der Waals surface area contributed by atoms with Crippen molar-refractivity contribution < 1.29 is 18.0 Å². The number of rotatable bonds is 5. The predicted octanol–water partition coefficient (Wildman–Crippen LogP) is 4.76. The number of nitrogens with one attached hydrogen (secondary N) is 1. The Morgan fingerprint density at radius 1 is 1.32 bits per heavy atom. The van der Waals surface area contributed by atoms with Crippen LogP contribution in [0.1, 0.15) is 45.6 Å². The number of hydrogen-bond acceptors (Lipinski definition) is 2. The molecule has 1 heterocycles. The maximum atomic E-state index is 13.0. The minimum atomic E-state index is -4.39. The van der Waals surface area contributed by atoms with Gasteiger partial charge in [-0.2, -0.15) is 13.2 Å². The van der Waals surface area contributed by atoms with Gasteiger partial charge in [0.15, 0.2) is 5.11 Å². The van der Waals surface area contributed by atoms with Crippen molar-refractivity contribution in [3.8, 4) is 0 Å². The summed E-state index contributed by atoms with van der Waals surface area (Å²) in [5.74, 6) is 0.549. The zero-order valence-electron chi connectivity index (χ0n) is 16.6. The predicted molar refractivity (Wildman–Crippen MR) is 109 cm³/mol. The number of nitrogens with zero attached hydrogens (tertiary/aromatic N) is 2. The molecule has 1 aliphatic rings. The Hall–Kier alpha value is -1.83. The van der Waals surface area contributed by atoms with Crippen molar-refractivity contribution in [2.75, 3.05) is 25.0 Å². The molecule has 1 fully saturated rings. The average molecular weight is 416 g/mol. The van der Waals surface area contributed by atoms with Gasteiger partial charge in [0, 0.05) is 38.3 Å². The number of hydrogen-bond donors (Lipinski definition) is 1. The van der Waals surface area contributed by atoms with E-state index in [9.17, 15) is 18.0 Å². The molecule has 1 aliphatic heterocycles. The van der Waals surface area contributed by atoms with Gasteiger partial charge < -0.3 is 15.1 Å². The quantitative estimate of drug-likeness (QED) is 0.704. The van der Waals surface area contributed by atoms with Gasteiger partial charge in [-0.3, -0.25) is 4.79 Å². The molecule has 8 heteroatoms. The molecule has 1 aromatic carbocycles. The third-order valence-electron chi connectivity index (χ3n) is 5.00. The normalized spacial score (nSPS) is 15.6. The highest BCUT2D eigenvalue weighted by atomic mass is 32.1. The Kier molecular flexibility index (Phi) is 7.69. The molecule has 1 amide bonds. The minimum absolute atomic E-state index is 0.0665. The zero-order chi connectivity index (χ0) is 20.9. The van der Waals surface area contributed by atoms with E-state index in [1.807, 2.05) is 4.90 Å². The van der Waals surface area contributed by atoms with E-state index in [0.717, 1.165) is 37.9 Å². The number of benzene rings is 1. The fourth-order valence-electron chi connectivity index (χ4n) is 3.31. The maximum Gasteiger partial charge on any atom is 0.416 e. The summed E-state index contributed by atoms with van der Waals surface area (Å²) in [5, 5.41) is 3.42. The standard InChI is InChI=1S/C20H28F3N3OS/c1-14(2)7-12-26(18-8-10-25(11-9-18)15(3)27)19(28)24-17-6-4-5-16(13-17)20(21,22)23/h4-6,13-14,18H,7-12H2,1-3H3,(H,24,28). The molecule has 1 N–H and O–H groups in total.